The van der Waals surface area contributed by atoms with E-state index in [4.69, 9.17) is 4.74 Å². The minimum Gasteiger partial charge on any atom is -0.383 e. The number of anilines is 1. The second kappa shape index (κ2) is 11.5. The molecule has 3 N–H and O–H groups in total. The summed E-state index contributed by atoms with van der Waals surface area (Å²) in [4.78, 5) is 16.7. The van der Waals surface area contributed by atoms with Crippen LogP contribution in [-0.2, 0) is 24.8 Å². The molecule has 0 bridgehead atoms. The molecule has 2 heterocycles. The molecule has 1 amide bonds. The molecule has 11 nitrogen and oxygen atoms in total. The number of carbonyl (C=O) groups excluding carboxylic acids is 1. The molecule has 0 atom stereocenters. The van der Waals surface area contributed by atoms with E-state index in [0.717, 1.165) is 11.3 Å². The van der Waals surface area contributed by atoms with Crippen LogP contribution in [-0.4, -0.2) is 53.7 Å². The first-order chi connectivity index (χ1) is 16.6. The van der Waals surface area contributed by atoms with Gasteiger partial charge in [0.2, 0.25) is 10.0 Å². The van der Waals surface area contributed by atoms with Crippen LogP contribution in [0.5, 0.6) is 0 Å². The topological polar surface area (TPSA) is 156 Å². The van der Waals surface area contributed by atoms with E-state index in [-0.39, 0.29) is 33.5 Å². The summed E-state index contributed by atoms with van der Waals surface area (Å²) in [6.45, 7) is 1.94. The number of ether oxygens (including phenoxy) is 1. The van der Waals surface area contributed by atoms with Gasteiger partial charge in [-0.05, 0) is 42.1 Å². The Morgan fingerprint density at radius 2 is 1.91 bits per heavy atom. The Bertz CT molecular complexity index is 1420. The maximum atomic E-state index is 12.7. The van der Waals surface area contributed by atoms with Crippen LogP contribution in [0.15, 0.2) is 74.4 Å². The minimum absolute atomic E-state index is 0.0320. The number of amides is 1. The van der Waals surface area contributed by atoms with Gasteiger partial charge in [0, 0.05) is 26.0 Å². The van der Waals surface area contributed by atoms with Gasteiger partial charge in [0.1, 0.15) is 4.21 Å². The van der Waals surface area contributed by atoms with Crippen LogP contribution in [0.1, 0.15) is 22.8 Å². The van der Waals surface area contributed by atoms with Crippen molar-refractivity contribution in [2.45, 2.75) is 16.0 Å². The molecule has 0 fully saturated rings. The number of carbonyl (C=O) groups is 1. The number of thiophene rings is 1. The molecule has 0 spiro atoms. The third kappa shape index (κ3) is 6.93. The second-order valence-corrected chi connectivity index (χ2v) is 11.6. The van der Waals surface area contributed by atoms with Crippen LogP contribution in [0.4, 0.5) is 5.69 Å². The summed E-state index contributed by atoms with van der Waals surface area (Å²) in [5.74, 6) is -0.702. The summed E-state index contributed by atoms with van der Waals surface area (Å²) < 4.78 is 59.7. The number of aromatic nitrogens is 1. The Labute approximate surface area is 207 Å². The summed E-state index contributed by atoms with van der Waals surface area (Å²) in [5.41, 5.74) is 3.14. The molecular weight excluding hydrogens is 514 g/mol. The van der Waals surface area contributed by atoms with E-state index in [1.54, 1.807) is 30.5 Å². The highest BCUT2D eigenvalue weighted by Gasteiger charge is 2.20. The smallest absolute Gasteiger partial charge is 0.275 e. The second-order valence-electron chi connectivity index (χ2n) is 7.02. The zero-order valence-corrected chi connectivity index (χ0v) is 21.2. The lowest BCUT2D eigenvalue weighted by molar-refractivity contribution is 0.0955. The number of rotatable bonds is 11. The molecule has 0 unspecified atom stereocenters. The molecule has 0 aliphatic heterocycles. The zero-order valence-electron chi connectivity index (χ0n) is 18.8. The molecule has 0 saturated heterocycles. The van der Waals surface area contributed by atoms with Crippen LogP contribution in [0.3, 0.4) is 0 Å². The fourth-order valence-corrected chi connectivity index (χ4v) is 5.92. The molecule has 2 aromatic heterocycles. The van der Waals surface area contributed by atoms with Gasteiger partial charge in [-0.15, -0.1) is 11.3 Å². The number of hydrogen-bond acceptors (Lipinski definition) is 9. The number of hydrazone groups is 1. The van der Waals surface area contributed by atoms with Crippen molar-refractivity contribution in [3.63, 3.8) is 0 Å². The third-order valence-electron chi connectivity index (χ3n) is 4.56. The van der Waals surface area contributed by atoms with E-state index in [2.05, 4.69) is 25.0 Å². The van der Waals surface area contributed by atoms with E-state index in [1.807, 2.05) is 0 Å². The van der Waals surface area contributed by atoms with Crippen LogP contribution in [0.25, 0.3) is 0 Å². The molecule has 186 valence electrons. The largest absolute Gasteiger partial charge is 0.383 e. The number of nitrogens with one attached hydrogen (secondary N) is 3. The number of pyridine rings is 1. The average molecular weight is 538 g/mol. The molecule has 3 rings (SSSR count). The summed E-state index contributed by atoms with van der Waals surface area (Å²) in [6, 6.07) is 10.5. The Morgan fingerprint density at radius 3 is 2.63 bits per heavy atom. The van der Waals surface area contributed by atoms with Crippen molar-refractivity contribution in [1.82, 2.24) is 15.1 Å². The molecule has 0 aliphatic rings. The lowest BCUT2D eigenvalue weighted by Crippen LogP contribution is -2.27. The van der Waals surface area contributed by atoms with Gasteiger partial charge in [0.05, 0.1) is 28.5 Å². The predicted octanol–water partition coefficient (Wildman–Crippen LogP) is 2.02. The average Bonchev–Trinajstić information content (AvgIpc) is 3.39. The first-order valence-electron chi connectivity index (χ1n) is 10.1. The Hall–Kier alpha value is -3.17. The van der Waals surface area contributed by atoms with Crippen molar-refractivity contribution < 1.29 is 26.4 Å². The first kappa shape index (κ1) is 26.4. The van der Waals surface area contributed by atoms with Gasteiger partial charge in [-0.25, -0.2) is 27.0 Å². The fraction of sp³-hybridized carbons (Fsp3) is 0.190. The van der Waals surface area contributed by atoms with Gasteiger partial charge < -0.3 is 4.74 Å². The lowest BCUT2D eigenvalue weighted by Gasteiger charge is -2.11. The van der Waals surface area contributed by atoms with Crippen molar-refractivity contribution in [3.8, 4) is 0 Å². The van der Waals surface area contributed by atoms with E-state index in [0.29, 0.717) is 11.3 Å². The van der Waals surface area contributed by atoms with Gasteiger partial charge in [0.25, 0.3) is 15.9 Å². The Kier molecular flexibility index (Phi) is 8.69. The van der Waals surface area contributed by atoms with Gasteiger partial charge in [-0.1, -0.05) is 18.2 Å². The van der Waals surface area contributed by atoms with E-state index < -0.39 is 26.0 Å². The molecular formula is C21H23N5O6S3. The van der Waals surface area contributed by atoms with Crippen molar-refractivity contribution in [1.29, 1.82) is 0 Å². The Balaban J connectivity index is 1.76. The highest BCUT2D eigenvalue weighted by Crippen LogP contribution is 2.22. The molecule has 35 heavy (non-hydrogen) atoms. The summed E-state index contributed by atoms with van der Waals surface area (Å²) >= 11 is 1.04. The molecule has 0 saturated carbocycles. The standard InChI is InChI=1S/C21H23N5O6S3/c1-15(16-5-3-6-17(13-16)34(28,29)23-10-11-32-2)24-25-21(27)18-14-22-9-8-19(18)26-35(30,31)20-7-4-12-33-20/h3-9,12-14,23H,10-11H2,1-2H3,(H,22,26)(H,25,27). The molecule has 0 aliphatic carbocycles. The molecule has 3 aromatic rings. The summed E-state index contributed by atoms with van der Waals surface area (Å²) in [6.07, 6.45) is 2.57. The van der Waals surface area contributed by atoms with Gasteiger partial charge in [-0.3, -0.25) is 14.5 Å². The van der Waals surface area contributed by atoms with Crippen molar-refractivity contribution >= 4 is 48.7 Å². The molecule has 1 aromatic carbocycles. The number of hydrogen-bond donors (Lipinski definition) is 3. The summed E-state index contributed by atoms with van der Waals surface area (Å²) in [7, 11) is -6.15. The van der Waals surface area contributed by atoms with Crippen LogP contribution in [0, 0.1) is 0 Å². The minimum atomic E-state index is -3.87. The van der Waals surface area contributed by atoms with Crippen LogP contribution >= 0.6 is 11.3 Å². The van der Waals surface area contributed by atoms with E-state index >= 15 is 0 Å². The van der Waals surface area contributed by atoms with Crippen molar-refractivity contribution in [3.05, 3.63) is 71.4 Å². The highest BCUT2D eigenvalue weighted by molar-refractivity contribution is 7.94. The van der Waals surface area contributed by atoms with Crippen LogP contribution < -0.4 is 14.9 Å². The van der Waals surface area contributed by atoms with Crippen molar-refractivity contribution in [2.24, 2.45) is 5.10 Å². The number of sulfonamides is 2. The van der Waals surface area contributed by atoms with Gasteiger partial charge >= 0.3 is 0 Å². The maximum absolute atomic E-state index is 12.7. The molecule has 14 heteroatoms. The monoisotopic (exact) mass is 537 g/mol. The van der Waals surface area contributed by atoms with Gasteiger partial charge in [0.15, 0.2) is 0 Å². The maximum Gasteiger partial charge on any atom is 0.275 e. The van der Waals surface area contributed by atoms with Gasteiger partial charge in [-0.2, -0.15) is 5.10 Å². The SMILES string of the molecule is COCCNS(=O)(=O)c1cccc(C(C)=NNC(=O)c2cnccc2NS(=O)(=O)c2cccs2)c1. The van der Waals surface area contributed by atoms with Crippen molar-refractivity contribution in [2.75, 3.05) is 25.0 Å². The highest BCUT2D eigenvalue weighted by atomic mass is 32.2. The number of nitrogens with zero attached hydrogens (tertiary/aromatic N) is 2. The molecule has 0 radical (unpaired) electrons. The Morgan fingerprint density at radius 1 is 1.11 bits per heavy atom. The first-order valence-corrected chi connectivity index (χ1v) is 13.9. The van der Waals surface area contributed by atoms with Crippen LogP contribution in [0.2, 0.25) is 0 Å². The summed E-state index contributed by atoms with van der Waals surface area (Å²) in [5, 5.41) is 5.66. The normalized spacial score (nSPS) is 12.3. The third-order valence-corrected chi connectivity index (χ3v) is 8.78. The fourth-order valence-electron chi connectivity index (χ4n) is 2.78. The van der Waals surface area contributed by atoms with E-state index in [1.165, 1.54) is 43.8 Å². The lowest BCUT2D eigenvalue weighted by atomic mass is 10.1. The predicted molar refractivity (Wildman–Crippen MR) is 133 cm³/mol. The number of methoxy groups -OCH3 is 1. The zero-order chi connectivity index (χ0) is 25.5. The van der Waals surface area contributed by atoms with E-state index in [9.17, 15) is 21.6 Å². The quantitative estimate of drug-likeness (QED) is 0.192. The number of benzene rings is 1.